The summed E-state index contributed by atoms with van der Waals surface area (Å²) in [4.78, 5) is 43.2. The predicted octanol–water partition coefficient (Wildman–Crippen LogP) is 4.15. The van der Waals surface area contributed by atoms with Crippen molar-refractivity contribution in [3.8, 4) is 5.75 Å². The molecular weight excluding hydrogens is 633 g/mol. The maximum absolute atomic E-state index is 13.9. The van der Waals surface area contributed by atoms with Crippen LogP contribution in [-0.4, -0.2) is 27.2 Å². The highest BCUT2D eigenvalue weighted by molar-refractivity contribution is 14.1. The molecule has 0 aliphatic carbocycles. The predicted molar refractivity (Wildman–Crippen MR) is 155 cm³/mol. The molecule has 0 amide bonds. The van der Waals surface area contributed by atoms with E-state index < -0.39 is 33.9 Å². The van der Waals surface area contributed by atoms with Gasteiger partial charge in [-0.3, -0.25) is 19.5 Å². The van der Waals surface area contributed by atoms with E-state index in [9.17, 15) is 24.8 Å². The molecule has 1 aliphatic rings. The third-order valence-corrected chi connectivity index (χ3v) is 7.85. The Hall–Kier alpha value is -4.10. The first-order chi connectivity index (χ1) is 18.8. The van der Waals surface area contributed by atoms with Crippen molar-refractivity contribution in [3.05, 3.63) is 128 Å². The number of aromatic nitrogens is 1. The van der Waals surface area contributed by atoms with Crippen molar-refractivity contribution in [2.45, 2.75) is 13.0 Å². The average Bonchev–Trinajstić information content (AvgIpc) is 3.24. The molecule has 0 radical (unpaired) electrons. The van der Waals surface area contributed by atoms with Gasteiger partial charge in [0.05, 0.1) is 36.9 Å². The molecule has 196 valence electrons. The SMILES string of the molecule is CCOC(=O)C1=C(c2ccccc2)N=c2s/c(=C\c3cc(I)c(O)c([N+](=O)[O-])c3)c(=O)n2[C@@H]1c1ccccc1. The fraction of sp³-hybridized carbons (Fsp3) is 0.107. The molecular formula is C28H20IN3O6S. The normalized spacial score (nSPS) is 15.0. The summed E-state index contributed by atoms with van der Waals surface area (Å²) in [6, 6.07) is 20.3. The number of nitro benzene ring substituents is 1. The lowest BCUT2D eigenvalue weighted by molar-refractivity contribution is -0.386. The molecule has 5 rings (SSSR count). The molecule has 9 nitrogen and oxygen atoms in total. The molecule has 1 atom stereocenters. The van der Waals surface area contributed by atoms with Crippen molar-refractivity contribution < 1.29 is 19.6 Å². The molecule has 0 spiro atoms. The summed E-state index contributed by atoms with van der Waals surface area (Å²) in [6.07, 6.45) is 1.52. The van der Waals surface area contributed by atoms with Crippen LogP contribution in [-0.2, 0) is 9.53 Å². The number of halogens is 1. The van der Waals surface area contributed by atoms with E-state index in [2.05, 4.69) is 0 Å². The molecule has 1 aromatic heterocycles. The number of nitrogens with zero attached hydrogens (tertiary/aromatic N) is 3. The van der Waals surface area contributed by atoms with E-state index in [0.717, 1.165) is 11.3 Å². The van der Waals surface area contributed by atoms with E-state index >= 15 is 0 Å². The Balaban J connectivity index is 1.82. The van der Waals surface area contributed by atoms with Crippen molar-refractivity contribution in [1.82, 2.24) is 4.57 Å². The van der Waals surface area contributed by atoms with Gasteiger partial charge < -0.3 is 9.84 Å². The molecule has 0 fully saturated rings. The van der Waals surface area contributed by atoms with Crippen LogP contribution >= 0.6 is 33.9 Å². The fourth-order valence-corrected chi connectivity index (χ4v) is 6.01. The number of thiazole rings is 1. The zero-order valence-electron chi connectivity index (χ0n) is 20.4. The summed E-state index contributed by atoms with van der Waals surface area (Å²) in [7, 11) is 0. The number of phenolic OH excluding ortho intramolecular Hbond substituents is 1. The molecule has 1 N–H and O–H groups in total. The molecule has 39 heavy (non-hydrogen) atoms. The van der Waals surface area contributed by atoms with E-state index in [4.69, 9.17) is 9.73 Å². The third-order valence-electron chi connectivity index (χ3n) is 6.05. The van der Waals surface area contributed by atoms with Gasteiger partial charge in [-0.1, -0.05) is 72.0 Å². The smallest absolute Gasteiger partial charge is 0.338 e. The van der Waals surface area contributed by atoms with Crippen LogP contribution in [0, 0.1) is 13.7 Å². The van der Waals surface area contributed by atoms with Gasteiger partial charge in [-0.25, -0.2) is 9.79 Å². The van der Waals surface area contributed by atoms with Gasteiger partial charge in [-0.2, -0.15) is 0 Å². The molecule has 3 aromatic carbocycles. The van der Waals surface area contributed by atoms with E-state index in [1.54, 1.807) is 35.6 Å². The van der Waals surface area contributed by atoms with Gasteiger partial charge in [0.2, 0.25) is 5.75 Å². The number of phenols is 1. The summed E-state index contributed by atoms with van der Waals surface area (Å²) in [6.45, 7) is 1.86. The van der Waals surface area contributed by atoms with Crippen molar-refractivity contribution in [2.24, 2.45) is 4.99 Å². The Morgan fingerprint density at radius 2 is 1.85 bits per heavy atom. The largest absolute Gasteiger partial charge is 0.501 e. The zero-order chi connectivity index (χ0) is 27.7. The lowest BCUT2D eigenvalue weighted by atomic mass is 9.93. The van der Waals surface area contributed by atoms with Gasteiger partial charge in [0.15, 0.2) is 4.80 Å². The highest BCUT2D eigenvalue weighted by atomic mass is 127. The number of fused-ring (bicyclic) bond motifs is 1. The summed E-state index contributed by atoms with van der Waals surface area (Å²) in [5.41, 5.74) is 1.55. The Kier molecular flexibility index (Phi) is 7.44. The number of carbonyl (C=O) groups excluding carboxylic acids is 1. The molecule has 0 bridgehead atoms. The molecule has 4 aromatic rings. The Morgan fingerprint density at radius 3 is 2.49 bits per heavy atom. The van der Waals surface area contributed by atoms with Gasteiger partial charge in [-0.15, -0.1) is 0 Å². The minimum Gasteiger partial charge on any atom is -0.501 e. The molecule has 1 aliphatic heterocycles. The van der Waals surface area contributed by atoms with E-state index in [0.29, 0.717) is 27.2 Å². The lowest BCUT2D eigenvalue weighted by Crippen LogP contribution is -2.40. The van der Waals surface area contributed by atoms with Gasteiger partial charge in [0.1, 0.15) is 0 Å². The van der Waals surface area contributed by atoms with E-state index in [1.807, 2.05) is 60.7 Å². The Labute approximate surface area is 239 Å². The monoisotopic (exact) mass is 653 g/mol. The minimum absolute atomic E-state index is 0.147. The highest BCUT2D eigenvalue weighted by Crippen LogP contribution is 2.35. The van der Waals surface area contributed by atoms with Crippen LogP contribution in [0.15, 0.2) is 88.2 Å². The topological polar surface area (TPSA) is 124 Å². The number of benzene rings is 3. The number of aromatic hydroxyl groups is 1. The number of nitro groups is 1. The highest BCUT2D eigenvalue weighted by Gasteiger charge is 2.35. The first-order valence-corrected chi connectivity index (χ1v) is 13.7. The number of hydrogen-bond donors (Lipinski definition) is 1. The average molecular weight is 653 g/mol. The Morgan fingerprint density at radius 1 is 1.18 bits per heavy atom. The van der Waals surface area contributed by atoms with Gasteiger partial charge in [0, 0.05) is 11.6 Å². The molecule has 11 heteroatoms. The standard InChI is InChI=1S/C28H20IN3O6S/c1-2-38-27(35)22-23(17-9-5-3-6-10-17)30-28-31(24(22)18-11-7-4-8-12-18)26(34)21(39-28)15-16-13-19(29)25(33)20(14-16)32(36)37/h3-15,24,33H,2H2,1H3/b21-15-/t24-/m1/s1. The second-order valence-corrected chi connectivity index (χ2v) is 10.6. The van der Waals surface area contributed by atoms with Crippen molar-refractivity contribution in [3.63, 3.8) is 0 Å². The van der Waals surface area contributed by atoms with Crippen LogP contribution in [0.1, 0.15) is 29.7 Å². The lowest BCUT2D eigenvalue weighted by Gasteiger charge is -2.25. The van der Waals surface area contributed by atoms with Crippen molar-refractivity contribution in [2.75, 3.05) is 6.61 Å². The van der Waals surface area contributed by atoms with Crippen LogP contribution in [0.3, 0.4) is 0 Å². The maximum Gasteiger partial charge on any atom is 0.338 e. The second kappa shape index (κ2) is 10.9. The minimum atomic E-state index is -0.812. The van der Waals surface area contributed by atoms with E-state index in [1.165, 1.54) is 16.7 Å². The summed E-state index contributed by atoms with van der Waals surface area (Å²) < 4.78 is 7.44. The van der Waals surface area contributed by atoms with Crippen LogP contribution in [0.2, 0.25) is 0 Å². The van der Waals surface area contributed by atoms with Gasteiger partial charge in [-0.05, 0) is 52.8 Å². The molecule has 2 heterocycles. The summed E-state index contributed by atoms with van der Waals surface area (Å²) >= 11 is 2.92. The van der Waals surface area contributed by atoms with Crippen LogP contribution < -0.4 is 14.9 Å². The molecule has 0 saturated heterocycles. The van der Waals surface area contributed by atoms with E-state index in [-0.39, 0.29) is 20.3 Å². The number of esters is 1. The van der Waals surface area contributed by atoms with Crippen LogP contribution in [0.5, 0.6) is 5.75 Å². The second-order valence-electron chi connectivity index (χ2n) is 8.47. The fourth-order valence-electron chi connectivity index (χ4n) is 4.37. The molecule has 0 unspecified atom stereocenters. The van der Waals surface area contributed by atoms with Crippen LogP contribution in [0.4, 0.5) is 5.69 Å². The first kappa shape index (κ1) is 26.5. The summed E-state index contributed by atoms with van der Waals surface area (Å²) in [5, 5.41) is 21.5. The number of hydrogen-bond acceptors (Lipinski definition) is 8. The van der Waals surface area contributed by atoms with Gasteiger partial charge in [0.25, 0.3) is 5.56 Å². The third kappa shape index (κ3) is 5.02. The quantitative estimate of drug-likeness (QED) is 0.144. The Bertz CT molecular complexity index is 1810. The van der Waals surface area contributed by atoms with Gasteiger partial charge >= 0.3 is 11.7 Å². The zero-order valence-corrected chi connectivity index (χ0v) is 23.4. The van der Waals surface area contributed by atoms with Crippen molar-refractivity contribution >= 4 is 57.4 Å². The number of rotatable bonds is 6. The maximum atomic E-state index is 13.9. The first-order valence-electron chi connectivity index (χ1n) is 11.8. The summed E-state index contributed by atoms with van der Waals surface area (Å²) in [5.74, 6) is -1.01. The van der Waals surface area contributed by atoms with Crippen molar-refractivity contribution in [1.29, 1.82) is 0 Å². The molecule has 0 saturated carbocycles. The van der Waals surface area contributed by atoms with Crippen LogP contribution in [0.25, 0.3) is 11.8 Å². The number of carbonyl (C=O) groups is 1. The number of ether oxygens (including phenoxy) is 1.